The molecule has 0 aliphatic rings. The molecule has 1 N–H and O–H groups in total. The summed E-state index contributed by atoms with van der Waals surface area (Å²) in [6, 6.07) is 2.98. The Bertz CT molecular complexity index is 481. The Morgan fingerprint density at radius 1 is 1.47 bits per heavy atom. The van der Waals surface area contributed by atoms with Crippen molar-refractivity contribution in [3.63, 3.8) is 0 Å². The molecule has 2 rings (SSSR count). The van der Waals surface area contributed by atoms with E-state index in [0.717, 1.165) is 0 Å². The number of aromatic nitrogens is 4. The Balaban J connectivity index is 1.85. The van der Waals surface area contributed by atoms with Crippen molar-refractivity contribution in [2.45, 2.75) is 6.54 Å². The van der Waals surface area contributed by atoms with E-state index in [9.17, 15) is 10.1 Å². The van der Waals surface area contributed by atoms with E-state index in [4.69, 9.17) is 0 Å². The molecule has 0 fully saturated rings. The van der Waals surface area contributed by atoms with Crippen LogP contribution in [0.1, 0.15) is 0 Å². The Kier molecular flexibility index (Phi) is 3.24. The van der Waals surface area contributed by atoms with Gasteiger partial charge in [0, 0.05) is 12.6 Å². The molecule has 0 atom stereocenters. The molecule has 0 aliphatic carbocycles. The van der Waals surface area contributed by atoms with Crippen molar-refractivity contribution in [1.82, 2.24) is 19.7 Å². The molecule has 0 spiro atoms. The number of anilines is 1. The molecule has 0 unspecified atom stereocenters. The van der Waals surface area contributed by atoms with E-state index < -0.39 is 4.92 Å². The summed E-state index contributed by atoms with van der Waals surface area (Å²) in [7, 11) is 0. The van der Waals surface area contributed by atoms with E-state index >= 15 is 0 Å². The summed E-state index contributed by atoms with van der Waals surface area (Å²) in [5.74, 6) is 0.593. The molecule has 0 aromatic carbocycles. The van der Waals surface area contributed by atoms with Gasteiger partial charge in [0.2, 0.25) is 0 Å². The summed E-state index contributed by atoms with van der Waals surface area (Å²) in [4.78, 5) is 17.7. The van der Waals surface area contributed by atoms with E-state index in [0.29, 0.717) is 18.9 Å². The van der Waals surface area contributed by atoms with Gasteiger partial charge in [0.05, 0.1) is 11.5 Å². The minimum absolute atomic E-state index is 0.0215. The predicted octanol–water partition coefficient (Wildman–Crippen LogP) is 0.693. The van der Waals surface area contributed by atoms with E-state index in [2.05, 4.69) is 20.4 Å². The number of hydrogen-bond donors (Lipinski definition) is 1. The monoisotopic (exact) mass is 234 g/mol. The lowest BCUT2D eigenvalue weighted by atomic mass is 10.4. The Hall–Kier alpha value is -2.51. The van der Waals surface area contributed by atoms with E-state index in [1.54, 1.807) is 17.1 Å². The Labute approximate surface area is 96.5 Å². The van der Waals surface area contributed by atoms with Crippen LogP contribution in [0, 0.1) is 10.1 Å². The van der Waals surface area contributed by atoms with Crippen LogP contribution < -0.4 is 5.32 Å². The van der Waals surface area contributed by atoms with Crippen LogP contribution in [0.5, 0.6) is 0 Å². The molecular formula is C9H10N6O2. The van der Waals surface area contributed by atoms with Crippen LogP contribution in [-0.2, 0) is 6.54 Å². The first kappa shape index (κ1) is 11.0. The fraction of sp³-hybridized carbons (Fsp3) is 0.222. The van der Waals surface area contributed by atoms with Crippen molar-refractivity contribution >= 4 is 11.5 Å². The van der Waals surface area contributed by atoms with Gasteiger partial charge in [-0.15, -0.1) is 0 Å². The zero-order valence-electron chi connectivity index (χ0n) is 8.85. The van der Waals surface area contributed by atoms with Crippen LogP contribution in [0.25, 0.3) is 0 Å². The number of nitro groups is 1. The lowest BCUT2D eigenvalue weighted by molar-refractivity contribution is -0.385. The fourth-order valence-corrected chi connectivity index (χ4v) is 1.25. The molecular weight excluding hydrogens is 224 g/mol. The van der Waals surface area contributed by atoms with Crippen LogP contribution in [0.3, 0.4) is 0 Å². The van der Waals surface area contributed by atoms with Crippen LogP contribution in [0.2, 0.25) is 0 Å². The van der Waals surface area contributed by atoms with Crippen molar-refractivity contribution in [2.24, 2.45) is 0 Å². The molecule has 0 bridgehead atoms. The van der Waals surface area contributed by atoms with Crippen LogP contribution in [0.4, 0.5) is 11.5 Å². The molecule has 0 radical (unpaired) electrons. The first-order valence-electron chi connectivity index (χ1n) is 4.92. The van der Waals surface area contributed by atoms with Gasteiger partial charge in [0.1, 0.15) is 24.7 Å². The maximum atomic E-state index is 10.4. The van der Waals surface area contributed by atoms with Crippen LogP contribution in [-0.4, -0.2) is 31.2 Å². The standard InChI is InChI=1S/C9H10N6O2/c16-15(17)8-1-2-9(12-5-8)11-3-4-14-7-10-6-13-14/h1-2,5-7H,3-4H2,(H,11,12). The molecule has 0 aliphatic heterocycles. The summed E-state index contributed by atoms with van der Waals surface area (Å²) in [6.07, 6.45) is 4.30. The maximum Gasteiger partial charge on any atom is 0.287 e. The van der Waals surface area contributed by atoms with E-state index in [1.807, 2.05) is 0 Å². The highest BCUT2D eigenvalue weighted by Gasteiger charge is 2.04. The van der Waals surface area contributed by atoms with Gasteiger partial charge in [-0.3, -0.25) is 14.8 Å². The summed E-state index contributed by atoms with van der Waals surface area (Å²) < 4.78 is 1.68. The van der Waals surface area contributed by atoms with Gasteiger partial charge in [-0.25, -0.2) is 9.97 Å². The lowest BCUT2D eigenvalue weighted by Gasteiger charge is -2.04. The minimum Gasteiger partial charge on any atom is -0.368 e. The Morgan fingerprint density at radius 2 is 2.35 bits per heavy atom. The molecule has 0 amide bonds. The molecule has 2 aromatic rings. The van der Waals surface area contributed by atoms with Gasteiger partial charge in [-0.2, -0.15) is 5.10 Å². The zero-order valence-corrected chi connectivity index (χ0v) is 8.85. The Morgan fingerprint density at radius 3 is 2.94 bits per heavy atom. The highest BCUT2D eigenvalue weighted by Crippen LogP contribution is 2.11. The second kappa shape index (κ2) is 5.01. The number of pyridine rings is 1. The van der Waals surface area contributed by atoms with Gasteiger partial charge in [-0.1, -0.05) is 0 Å². The quantitative estimate of drug-likeness (QED) is 0.603. The third-order valence-corrected chi connectivity index (χ3v) is 2.07. The van der Waals surface area contributed by atoms with Gasteiger partial charge in [-0.05, 0) is 6.07 Å². The molecule has 0 saturated carbocycles. The second-order valence-electron chi connectivity index (χ2n) is 3.24. The molecule has 2 aromatic heterocycles. The zero-order chi connectivity index (χ0) is 12.1. The number of nitrogens with zero attached hydrogens (tertiary/aromatic N) is 5. The first-order chi connectivity index (χ1) is 8.25. The smallest absolute Gasteiger partial charge is 0.287 e. The van der Waals surface area contributed by atoms with Gasteiger partial charge in [0.15, 0.2) is 0 Å². The maximum absolute atomic E-state index is 10.4. The highest BCUT2D eigenvalue weighted by molar-refractivity contribution is 5.39. The third kappa shape index (κ3) is 2.97. The fourth-order valence-electron chi connectivity index (χ4n) is 1.25. The average Bonchev–Trinajstić information content (AvgIpc) is 2.83. The van der Waals surface area contributed by atoms with Gasteiger partial charge in [0.25, 0.3) is 5.69 Å². The summed E-state index contributed by atoms with van der Waals surface area (Å²) in [6.45, 7) is 1.27. The van der Waals surface area contributed by atoms with Crippen molar-refractivity contribution in [3.05, 3.63) is 41.1 Å². The number of hydrogen-bond acceptors (Lipinski definition) is 6. The second-order valence-corrected chi connectivity index (χ2v) is 3.24. The van der Waals surface area contributed by atoms with Crippen molar-refractivity contribution in [3.8, 4) is 0 Å². The molecule has 8 nitrogen and oxygen atoms in total. The topological polar surface area (TPSA) is 98.8 Å². The molecule has 17 heavy (non-hydrogen) atoms. The molecule has 8 heteroatoms. The van der Waals surface area contributed by atoms with Crippen LogP contribution >= 0.6 is 0 Å². The summed E-state index contributed by atoms with van der Waals surface area (Å²) in [5, 5.41) is 17.4. The minimum atomic E-state index is -0.480. The number of rotatable bonds is 5. The van der Waals surface area contributed by atoms with E-state index in [-0.39, 0.29) is 5.69 Å². The molecule has 88 valence electrons. The average molecular weight is 234 g/mol. The lowest BCUT2D eigenvalue weighted by Crippen LogP contribution is -2.11. The SMILES string of the molecule is O=[N+]([O-])c1ccc(NCCn2cncn2)nc1. The van der Waals surface area contributed by atoms with Crippen molar-refractivity contribution in [2.75, 3.05) is 11.9 Å². The predicted molar refractivity (Wildman–Crippen MR) is 59.4 cm³/mol. The van der Waals surface area contributed by atoms with Gasteiger partial charge < -0.3 is 5.32 Å². The third-order valence-electron chi connectivity index (χ3n) is 2.07. The molecule has 2 heterocycles. The normalized spacial score (nSPS) is 10.1. The number of nitrogens with one attached hydrogen (secondary N) is 1. The van der Waals surface area contributed by atoms with E-state index in [1.165, 1.54) is 18.6 Å². The van der Waals surface area contributed by atoms with Gasteiger partial charge >= 0.3 is 0 Å². The van der Waals surface area contributed by atoms with Crippen molar-refractivity contribution < 1.29 is 4.92 Å². The van der Waals surface area contributed by atoms with Crippen LogP contribution in [0.15, 0.2) is 31.0 Å². The highest BCUT2D eigenvalue weighted by atomic mass is 16.6. The first-order valence-corrected chi connectivity index (χ1v) is 4.92. The summed E-state index contributed by atoms with van der Waals surface area (Å²) in [5.41, 5.74) is -0.0215. The largest absolute Gasteiger partial charge is 0.368 e. The van der Waals surface area contributed by atoms with Crippen molar-refractivity contribution in [1.29, 1.82) is 0 Å². The summed E-state index contributed by atoms with van der Waals surface area (Å²) >= 11 is 0. The molecule has 0 saturated heterocycles.